The molecule has 0 fully saturated rings. The van der Waals surface area contributed by atoms with Gasteiger partial charge in [0.1, 0.15) is 6.33 Å². The summed E-state index contributed by atoms with van der Waals surface area (Å²) in [7, 11) is -1.22. The Labute approximate surface area is 136 Å². The van der Waals surface area contributed by atoms with Crippen LogP contribution in [0.2, 0.25) is 0 Å². The minimum absolute atomic E-state index is 0.106. The Balaban J connectivity index is 1.74. The molecule has 6 heteroatoms. The second-order valence-electron chi connectivity index (χ2n) is 4.99. The number of rotatable bonds is 6. The highest BCUT2D eigenvalue weighted by atomic mass is 32.2. The zero-order valence-corrected chi connectivity index (χ0v) is 13.9. The Bertz CT molecular complexity index is 738. The van der Waals surface area contributed by atoms with E-state index in [0.29, 0.717) is 5.16 Å². The van der Waals surface area contributed by atoms with Gasteiger partial charge in [0.15, 0.2) is 0 Å². The average Bonchev–Trinajstić information content (AvgIpc) is 3.23. The van der Waals surface area contributed by atoms with Crippen LogP contribution in [0.15, 0.2) is 59.3 Å². The maximum absolute atomic E-state index is 12.8. The maximum Gasteiger partial charge on any atom is 0.222 e. The number of aryl methyl sites for hydroxylation is 2. The molecule has 0 bridgehead atoms. The maximum atomic E-state index is 12.8. The third kappa shape index (κ3) is 3.34. The van der Waals surface area contributed by atoms with E-state index in [1.54, 1.807) is 17.7 Å². The summed E-state index contributed by atoms with van der Waals surface area (Å²) >= 11 is 1.73. The molecule has 4 nitrogen and oxygen atoms in total. The number of nitrogens with zero attached hydrogens (tertiary/aromatic N) is 3. The van der Waals surface area contributed by atoms with Crippen molar-refractivity contribution >= 4 is 22.1 Å². The van der Waals surface area contributed by atoms with Gasteiger partial charge in [-0.05, 0) is 30.4 Å². The van der Waals surface area contributed by atoms with Crippen LogP contribution in [0.1, 0.15) is 22.6 Å². The molecule has 0 spiro atoms. The SMILES string of the molecule is C[C@H](c1ccccc1)[S@@](=O)c1nncn1CCc1cccs1. The highest BCUT2D eigenvalue weighted by molar-refractivity contribution is 7.85. The summed E-state index contributed by atoms with van der Waals surface area (Å²) in [6.45, 7) is 2.71. The fourth-order valence-electron chi connectivity index (χ4n) is 2.24. The highest BCUT2D eigenvalue weighted by Gasteiger charge is 2.20. The van der Waals surface area contributed by atoms with Gasteiger partial charge in [0.05, 0.1) is 16.0 Å². The van der Waals surface area contributed by atoms with E-state index in [-0.39, 0.29) is 5.25 Å². The van der Waals surface area contributed by atoms with Crippen molar-refractivity contribution in [1.82, 2.24) is 14.8 Å². The van der Waals surface area contributed by atoms with E-state index in [9.17, 15) is 4.21 Å². The Kier molecular flexibility index (Phi) is 4.80. The van der Waals surface area contributed by atoms with Crippen LogP contribution in [0.3, 0.4) is 0 Å². The molecule has 22 heavy (non-hydrogen) atoms. The molecule has 0 radical (unpaired) electrons. The lowest BCUT2D eigenvalue weighted by molar-refractivity contribution is 0.610. The van der Waals surface area contributed by atoms with Crippen molar-refractivity contribution in [3.63, 3.8) is 0 Å². The van der Waals surface area contributed by atoms with Crippen molar-refractivity contribution < 1.29 is 4.21 Å². The Morgan fingerprint density at radius 2 is 2.05 bits per heavy atom. The van der Waals surface area contributed by atoms with E-state index in [1.165, 1.54) is 4.88 Å². The summed E-state index contributed by atoms with van der Waals surface area (Å²) < 4.78 is 14.7. The zero-order valence-electron chi connectivity index (χ0n) is 12.3. The first-order valence-corrected chi connectivity index (χ1v) is 9.20. The molecule has 2 heterocycles. The molecule has 114 valence electrons. The summed E-state index contributed by atoms with van der Waals surface area (Å²) in [4.78, 5) is 1.31. The molecule has 0 saturated heterocycles. The molecule has 0 N–H and O–H groups in total. The third-order valence-electron chi connectivity index (χ3n) is 3.53. The van der Waals surface area contributed by atoms with Gasteiger partial charge in [-0.3, -0.25) is 4.21 Å². The Morgan fingerprint density at radius 3 is 2.77 bits per heavy atom. The van der Waals surface area contributed by atoms with Gasteiger partial charge < -0.3 is 4.57 Å². The van der Waals surface area contributed by atoms with E-state index in [2.05, 4.69) is 21.6 Å². The molecule has 0 aliphatic carbocycles. The fraction of sp³-hybridized carbons (Fsp3) is 0.250. The second kappa shape index (κ2) is 6.98. The summed E-state index contributed by atoms with van der Waals surface area (Å²) in [5.41, 5.74) is 1.05. The van der Waals surface area contributed by atoms with Crippen LogP contribution in [0, 0.1) is 0 Å². The molecule has 0 unspecified atom stereocenters. The molecule has 0 saturated carbocycles. The number of hydrogen-bond donors (Lipinski definition) is 0. The lowest BCUT2D eigenvalue weighted by atomic mass is 10.2. The van der Waals surface area contributed by atoms with Crippen molar-refractivity contribution in [3.8, 4) is 0 Å². The molecule has 3 rings (SSSR count). The molecule has 2 atom stereocenters. The summed E-state index contributed by atoms with van der Waals surface area (Å²) in [6, 6.07) is 14.0. The van der Waals surface area contributed by atoms with Gasteiger partial charge in [-0.1, -0.05) is 36.4 Å². The van der Waals surface area contributed by atoms with Crippen molar-refractivity contribution in [2.75, 3.05) is 0 Å². The predicted octanol–water partition coefficient (Wildman–Crippen LogP) is 3.45. The molecule has 3 aromatic rings. The van der Waals surface area contributed by atoms with Crippen molar-refractivity contribution in [2.45, 2.75) is 30.3 Å². The van der Waals surface area contributed by atoms with E-state index in [1.807, 2.05) is 47.9 Å². The summed E-state index contributed by atoms with van der Waals surface area (Å²) in [5, 5.41) is 10.5. The predicted molar refractivity (Wildman–Crippen MR) is 89.3 cm³/mol. The van der Waals surface area contributed by atoms with E-state index in [0.717, 1.165) is 18.5 Å². The largest absolute Gasteiger partial charge is 0.306 e. The number of hydrogen-bond acceptors (Lipinski definition) is 4. The smallest absolute Gasteiger partial charge is 0.222 e. The van der Waals surface area contributed by atoms with Gasteiger partial charge in [-0.25, -0.2) is 0 Å². The lowest BCUT2D eigenvalue weighted by Gasteiger charge is -2.12. The minimum atomic E-state index is -1.22. The van der Waals surface area contributed by atoms with Crippen LogP contribution in [-0.4, -0.2) is 19.0 Å². The van der Waals surface area contributed by atoms with Gasteiger partial charge in [-0.2, -0.15) is 0 Å². The molecule has 0 amide bonds. The lowest BCUT2D eigenvalue weighted by Crippen LogP contribution is -2.11. The topological polar surface area (TPSA) is 47.8 Å². The summed E-state index contributed by atoms with van der Waals surface area (Å²) in [5.74, 6) is 0. The summed E-state index contributed by atoms with van der Waals surface area (Å²) in [6.07, 6.45) is 2.57. The first kappa shape index (κ1) is 15.1. The first-order chi connectivity index (χ1) is 10.8. The fourth-order valence-corrected chi connectivity index (χ4v) is 4.16. The van der Waals surface area contributed by atoms with Crippen LogP contribution < -0.4 is 0 Å². The van der Waals surface area contributed by atoms with E-state index in [4.69, 9.17) is 0 Å². The van der Waals surface area contributed by atoms with E-state index < -0.39 is 10.8 Å². The molecule has 0 aliphatic rings. The minimum Gasteiger partial charge on any atom is -0.306 e. The molecule has 1 aromatic carbocycles. The van der Waals surface area contributed by atoms with E-state index >= 15 is 0 Å². The Morgan fingerprint density at radius 1 is 1.23 bits per heavy atom. The van der Waals surface area contributed by atoms with Crippen LogP contribution in [0.4, 0.5) is 0 Å². The highest BCUT2D eigenvalue weighted by Crippen LogP contribution is 2.23. The number of thiophene rings is 1. The standard InChI is InChI=1S/C16H17N3OS2/c1-13(14-6-3-2-4-7-14)22(20)16-18-17-12-19(16)10-9-15-8-5-11-21-15/h2-8,11-13H,9-10H2,1H3/t13-,22-/m1/s1. The van der Waals surface area contributed by atoms with Crippen LogP contribution >= 0.6 is 11.3 Å². The molecule has 0 aliphatic heterocycles. The van der Waals surface area contributed by atoms with Crippen molar-refractivity contribution in [3.05, 3.63) is 64.6 Å². The zero-order chi connectivity index (χ0) is 15.4. The van der Waals surface area contributed by atoms with Crippen LogP contribution in [0.5, 0.6) is 0 Å². The van der Waals surface area contributed by atoms with Gasteiger partial charge in [0, 0.05) is 11.4 Å². The third-order valence-corrected chi connectivity index (χ3v) is 6.06. The van der Waals surface area contributed by atoms with Crippen molar-refractivity contribution in [1.29, 1.82) is 0 Å². The van der Waals surface area contributed by atoms with Gasteiger partial charge in [0.2, 0.25) is 5.16 Å². The van der Waals surface area contributed by atoms with Crippen LogP contribution in [-0.2, 0) is 23.8 Å². The molecular formula is C16H17N3OS2. The monoisotopic (exact) mass is 331 g/mol. The van der Waals surface area contributed by atoms with Gasteiger partial charge in [-0.15, -0.1) is 21.5 Å². The second-order valence-corrected chi connectivity index (χ2v) is 7.69. The van der Waals surface area contributed by atoms with Crippen molar-refractivity contribution in [2.24, 2.45) is 0 Å². The van der Waals surface area contributed by atoms with Gasteiger partial charge >= 0.3 is 0 Å². The number of benzene rings is 1. The Hall–Kier alpha value is -1.79. The first-order valence-electron chi connectivity index (χ1n) is 7.11. The van der Waals surface area contributed by atoms with Gasteiger partial charge in [0.25, 0.3) is 0 Å². The van der Waals surface area contributed by atoms with Crippen LogP contribution in [0.25, 0.3) is 0 Å². The molecule has 2 aromatic heterocycles. The molecular weight excluding hydrogens is 314 g/mol. The normalized spacial score (nSPS) is 13.9. The average molecular weight is 331 g/mol. The quantitative estimate of drug-likeness (QED) is 0.695. The number of aromatic nitrogens is 3.